The summed E-state index contributed by atoms with van der Waals surface area (Å²) in [6.45, 7) is 0. The topological polar surface area (TPSA) is 67.4 Å². The van der Waals surface area contributed by atoms with Crippen LogP contribution in [0.5, 0.6) is 0 Å². The third-order valence-corrected chi connectivity index (χ3v) is 1.74. The van der Waals surface area contributed by atoms with Gasteiger partial charge in [-0.3, -0.25) is 4.57 Å². The molecule has 2 rings (SSSR count). The molecule has 0 fully saturated rings. The molecule has 2 aromatic rings. The molecular formula is C10H7N5. The maximum absolute atomic E-state index is 8.34. The fourth-order valence-electron chi connectivity index (χ4n) is 1.06. The van der Waals surface area contributed by atoms with E-state index in [9.17, 15) is 0 Å². The van der Waals surface area contributed by atoms with E-state index in [1.54, 1.807) is 41.8 Å². The minimum atomic E-state index is 0.557. The Bertz CT molecular complexity index is 490. The van der Waals surface area contributed by atoms with Crippen LogP contribution < -0.4 is 0 Å². The average Bonchev–Trinajstić information content (AvgIpc) is 2.80. The minimum Gasteiger partial charge on any atom is -0.274 e. The Morgan fingerprint density at radius 1 is 1.33 bits per heavy atom. The zero-order valence-corrected chi connectivity index (χ0v) is 7.78. The van der Waals surface area contributed by atoms with Crippen LogP contribution in [0.3, 0.4) is 0 Å². The predicted octanol–water partition coefficient (Wildman–Crippen LogP) is 1.20. The van der Waals surface area contributed by atoms with Crippen LogP contribution in [0.15, 0.2) is 37.2 Å². The zero-order chi connectivity index (χ0) is 10.5. The quantitative estimate of drug-likeness (QED) is 0.678. The third-order valence-electron chi connectivity index (χ3n) is 1.74. The number of imidazole rings is 1. The molecule has 0 saturated carbocycles. The predicted molar refractivity (Wildman–Crippen MR) is 53.8 cm³/mol. The second kappa shape index (κ2) is 4.15. The molecule has 15 heavy (non-hydrogen) atoms. The van der Waals surface area contributed by atoms with E-state index in [0.29, 0.717) is 5.95 Å². The summed E-state index contributed by atoms with van der Waals surface area (Å²) in [6, 6.07) is 1.91. The van der Waals surface area contributed by atoms with Crippen molar-refractivity contribution in [2.45, 2.75) is 0 Å². The van der Waals surface area contributed by atoms with Gasteiger partial charge >= 0.3 is 0 Å². The lowest BCUT2D eigenvalue weighted by Gasteiger charge is -1.98. The van der Waals surface area contributed by atoms with Crippen LogP contribution in [-0.2, 0) is 0 Å². The second-order valence-electron chi connectivity index (χ2n) is 2.75. The van der Waals surface area contributed by atoms with Crippen molar-refractivity contribution in [2.75, 3.05) is 0 Å². The maximum atomic E-state index is 8.34. The maximum Gasteiger partial charge on any atom is 0.234 e. The number of hydrogen-bond acceptors (Lipinski definition) is 4. The lowest BCUT2D eigenvalue weighted by atomic mass is 10.3. The summed E-state index contributed by atoms with van der Waals surface area (Å²) in [6.07, 6.45) is 11.4. The van der Waals surface area contributed by atoms with E-state index < -0.39 is 0 Å². The average molecular weight is 197 g/mol. The fourth-order valence-corrected chi connectivity index (χ4v) is 1.06. The summed E-state index contributed by atoms with van der Waals surface area (Å²) in [5.41, 5.74) is 0.792. The van der Waals surface area contributed by atoms with Gasteiger partial charge in [0, 0.05) is 36.4 Å². The molecule has 0 radical (unpaired) electrons. The Morgan fingerprint density at radius 2 is 2.13 bits per heavy atom. The summed E-state index contributed by atoms with van der Waals surface area (Å²) in [4.78, 5) is 12.1. The first-order valence-electron chi connectivity index (χ1n) is 4.26. The molecule has 0 bridgehead atoms. The largest absolute Gasteiger partial charge is 0.274 e. The highest BCUT2D eigenvalue weighted by Crippen LogP contribution is 2.02. The number of hydrogen-bond donors (Lipinski definition) is 0. The van der Waals surface area contributed by atoms with Gasteiger partial charge in [-0.15, -0.1) is 0 Å². The molecule has 0 aliphatic rings. The second-order valence-corrected chi connectivity index (χ2v) is 2.75. The molecule has 0 atom stereocenters. The number of rotatable bonds is 2. The molecule has 0 amide bonds. The van der Waals surface area contributed by atoms with Crippen molar-refractivity contribution < 1.29 is 0 Å². The SMILES string of the molecule is N#CC=Cc1cnc(-n2ccnc2)nc1. The van der Waals surface area contributed by atoms with E-state index in [1.165, 1.54) is 6.08 Å². The van der Waals surface area contributed by atoms with Crippen molar-refractivity contribution in [3.05, 3.63) is 42.8 Å². The summed E-state index contributed by atoms with van der Waals surface area (Å²) in [7, 11) is 0. The summed E-state index contributed by atoms with van der Waals surface area (Å²) in [5.74, 6) is 0.557. The molecule has 72 valence electrons. The van der Waals surface area contributed by atoms with Crippen molar-refractivity contribution in [1.29, 1.82) is 5.26 Å². The van der Waals surface area contributed by atoms with Crippen molar-refractivity contribution in [1.82, 2.24) is 19.5 Å². The Labute approximate surface area is 86.4 Å². The van der Waals surface area contributed by atoms with Crippen LogP contribution >= 0.6 is 0 Å². The van der Waals surface area contributed by atoms with Gasteiger partial charge in [-0.2, -0.15) is 5.26 Å². The Morgan fingerprint density at radius 3 is 2.73 bits per heavy atom. The molecule has 0 saturated heterocycles. The molecule has 0 aliphatic heterocycles. The number of allylic oxidation sites excluding steroid dienone is 1. The summed E-state index contributed by atoms with van der Waals surface area (Å²) >= 11 is 0. The van der Waals surface area contributed by atoms with E-state index in [4.69, 9.17) is 5.26 Å². The summed E-state index contributed by atoms with van der Waals surface area (Å²) in [5, 5.41) is 8.34. The highest BCUT2D eigenvalue weighted by atomic mass is 15.2. The van der Waals surface area contributed by atoms with Gasteiger partial charge in [0.2, 0.25) is 5.95 Å². The van der Waals surface area contributed by atoms with E-state index in [1.807, 2.05) is 6.07 Å². The van der Waals surface area contributed by atoms with Crippen molar-refractivity contribution in [3.8, 4) is 12.0 Å². The molecule has 0 aliphatic carbocycles. The highest BCUT2D eigenvalue weighted by molar-refractivity contribution is 5.49. The van der Waals surface area contributed by atoms with E-state index >= 15 is 0 Å². The standard InChI is InChI=1S/C10H7N5/c11-3-1-2-9-6-13-10(14-7-9)15-5-4-12-8-15/h1-2,4-8H. The van der Waals surface area contributed by atoms with Crippen molar-refractivity contribution in [3.63, 3.8) is 0 Å². The van der Waals surface area contributed by atoms with Gasteiger partial charge in [-0.1, -0.05) is 0 Å². The first-order valence-corrected chi connectivity index (χ1v) is 4.26. The normalized spacial score (nSPS) is 10.3. The van der Waals surface area contributed by atoms with Crippen LogP contribution in [0.4, 0.5) is 0 Å². The van der Waals surface area contributed by atoms with Gasteiger partial charge in [0.05, 0.1) is 6.07 Å². The van der Waals surface area contributed by atoms with E-state index in [0.717, 1.165) is 5.56 Å². The van der Waals surface area contributed by atoms with Gasteiger partial charge in [-0.05, 0) is 6.08 Å². The van der Waals surface area contributed by atoms with Gasteiger partial charge in [0.15, 0.2) is 0 Å². The minimum absolute atomic E-state index is 0.557. The fraction of sp³-hybridized carbons (Fsp3) is 0. The molecular weight excluding hydrogens is 190 g/mol. The van der Waals surface area contributed by atoms with Crippen LogP contribution in [0.1, 0.15) is 5.56 Å². The molecule has 0 aromatic carbocycles. The first kappa shape index (κ1) is 9.09. The van der Waals surface area contributed by atoms with Crippen LogP contribution in [-0.4, -0.2) is 19.5 Å². The molecule has 0 unspecified atom stereocenters. The first-order chi connectivity index (χ1) is 7.40. The molecule has 5 nitrogen and oxygen atoms in total. The lowest BCUT2D eigenvalue weighted by molar-refractivity contribution is 0.923. The molecule has 0 N–H and O–H groups in total. The van der Waals surface area contributed by atoms with Crippen LogP contribution in [0, 0.1) is 11.3 Å². The number of aromatic nitrogens is 4. The molecule has 5 heteroatoms. The third kappa shape index (κ3) is 2.06. The van der Waals surface area contributed by atoms with Crippen molar-refractivity contribution >= 4 is 6.08 Å². The van der Waals surface area contributed by atoms with Crippen LogP contribution in [0.25, 0.3) is 12.0 Å². The Balaban J connectivity index is 2.26. The van der Waals surface area contributed by atoms with Crippen molar-refractivity contribution in [2.24, 2.45) is 0 Å². The van der Waals surface area contributed by atoms with Gasteiger partial charge in [0.25, 0.3) is 0 Å². The summed E-state index contributed by atoms with van der Waals surface area (Å²) < 4.78 is 1.71. The lowest BCUT2D eigenvalue weighted by Crippen LogP contribution is -1.97. The van der Waals surface area contributed by atoms with Crippen LogP contribution in [0.2, 0.25) is 0 Å². The van der Waals surface area contributed by atoms with Gasteiger partial charge in [-0.25, -0.2) is 15.0 Å². The Hall–Kier alpha value is -2.48. The molecule has 2 aromatic heterocycles. The smallest absolute Gasteiger partial charge is 0.234 e. The monoisotopic (exact) mass is 197 g/mol. The van der Waals surface area contributed by atoms with Gasteiger partial charge in [0.1, 0.15) is 6.33 Å². The van der Waals surface area contributed by atoms with Gasteiger partial charge < -0.3 is 0 Å². The number of nitrogens with zero attached hydrogens (tertiary/aromatic N) is 5. The highest BCUT2D eigenvalue weighted by Gasteiger charge is 1.97. The Kier molecular flexibility index (Phi) is 2.52. The zero-order valence-electron chi connectivity index (χ0n) is 7.78. The van der Waals surface area contributed by atoms with E-state index in [2.05, 4.69) is 15.0 Å². The number of nitriles is 1. The molecule has 2 heterocycles. The molecule has 0 spiro atoms. The van der Waals surface area contributed by atoms with E-state index in [-0.39, 0.29) is 0 Å².